The molecule has 0 spiro atoms. The van der Waals surface area contributed by atoms with Crippen molar-refractivity contribution < 1.29 is 4.84 Å². The van der Waals surface area contributed by atoms with Gasteiger partial charge in [0.25, 0.3) is 0 Å². The van der Waals surface area contributed by atoms with Crippen molar-refractivity contribution in [1.29, 1.82) is 0 Å². The fourth-order valence-electron chi connectivity index (χ4n) is 8.19. The third-order valence-corrected chi connectivity index (χ3v) is 9.32. The highest BCUT2D eigenvalue weighted by Crippen LogP contribution is 2.67. The molecule has 0 amide bonds. The van der Waals surface area contributed by atoms with Crippen LogP contribution < -0.4 is 0 Å². The molecule has 0 aromatic heterocycles. The Bertz CT molecular complexity index is 514. The Morgan fingerprint density at radius 2 is 1.67 bits per heavy atom. The van der Waals surface area contributed by atoms with Gasteiger partial charge in [-0.25, -0.2) is 0 Å². The van der Waals surface area contributed by atoms with E-state index in [1.165, 1.54) is 69.9 Å². The molecule has 4 saturated carbocycles. The molecule has 2 nitrogen and oxygen atoms in total. The monoisotopic (exact) mass is 331 g/mol. The van der Waals surface area contributed by atoms with Gasteiger partial charge in [0.15, 0.2) is 0 Å². The molecule has 0 radical (unpaired) electrons. The Morgan fingerprint density at radius 1 is 0.875 bits per heavy atom. The van der Waals surface area contributed by atoms with Crippen LogP contribution in [-0.4, -0.2) is 12.8 Å². The molecule has 0 aromatic carbocycles. The van der Waals surface area contributed by atoms with E-state index in [4.69, 9.17) is 4.84 Å². The Morgan fingerprint density at radius 3 is 2.46 bits per heavy atom. The summed E-state index contributed by atoms with van der Waals surface area (Å²) in [6.07, 6.45) is 14.7. The summed E-state index contributed by atoms with van der Waals surface area (Å²) in [6, 6.07) is 0. The Labute approximate surface area is 148 Å². The van der Waals surface area contributed by atoms with Crippen LogP contribution in [0.3, 0.4) is 0 Å². The zero-order valence-corrected chi connectivity index (χ0v) is 16.3. The van der Waals surface area contributed by atoms with Crippen molar-refractivity contribution in [1.82, 2.24) is 0 Å². The summed E-state index contributed by atoms with van der Waals surface area (Å²) < 4.78 is 0. The summed E-state index contributed by atoms with van der Waals surface area (Å²) in [6.45, 7) is 7.48. The third kappa shape index (κ3) is 2.31. The first-order valence-corrected chi connectivity index (χ1v) is 10.6. The second-order valence-electron chi connectivity index (χ2n) is 9.99. The summed E-state index contributed by atoms with van der Waals surface area (Å²) in [5, 5.41) is 4.34. The Kier molecular flexibility index (Phi) is 4.24. The molecule has 3 unspecified atom stereocenters. The van der Waals surface area contributed by atoms with Crippen molar-refractivity contribution in [2.24, 2.45) is 45.6 Å². The van der Waals surface area contributed by atoms with Crippen molar-refractivity contribution >= 4 is 5.71 Å². The minimum atomic E-state index is 0.477. The molecule has 0 saturated heterocycles. The molecule has 2 heteroatoms. The van der Waals surface area contributed by atoms with Crippen molar-refractivity contribution in [3.05, 3.63) is 0 Å². The predicted octanol–water partition coefficient (Wildman–Crippen LogP) is 6.06. The number of hydrogen-bond donors (Lipinski definition) is 0. The van der Waals surface area contributed by atoms with E-state index in [0.29, 0.717) is 16.7 Å². The van der Waals surface area contributed by atoms with E-state index in [1.54, 1.807) is 7.11 Å². The molecule has 7 atom stereocenters. The van der Waals surface area contributed by atoms with E-state index < -0.39 is 0 Å². The Hall–Kier alpha value is -0.530. The van der Waals surface area contributed by atoms with Crippen LogP contribution in [0.4, 0.5) is 0 Å². The minimum Gasteiger partial charge on any atom is -0.399 e. The fourth-order valence-corrected chi connectivity index (χ4v) is 8.19. The second-order valence-corrected chi connectivity index (χ2v) is 9.99. The molecule has 4 aliphatic carbocycles. The van der Waals surface area contributed by atoms with Crippen LogP contribution in [0.15, 0.2) is 5.16 Å². The molecular weight excluding hydrogens is 294 g/mol. The lowest BCUT2D eigenvalue weighted by molar-refractivity contribution is -0.106. The smallest absolute Gasteiger partial charge is 0.106 e. The highest BCUT2D eigenvalue weighted by molar-refractivity contribution is 5.85. The third-order valence-electron chi connectivity index (χ3n) is 9.32. The standard InChI is InChI=1S/C22H37NO/c1-15(23-24-4)18-10-11-19-17-9-8-16-7-5-6-13-21(16,2)20(17)12-14-22(18,19)3/h16-20H,5-14H2,1-4H3/t16-,17?,18-,19?,20?,21+,22-/m1/s1. The maximum absolute atomic E-state index is 5.12. The molecule has 0 heterocycles. The number of hydrogen-bond acceptors (Lipinski definition) is 2. The van der Waals surface area contributed by atoms with E-state index in [2.05, 4.69) is 25.9 Å². The van der Waals surface area contributed by atoms with E-state index in [1.807, 2.05) is 0 Å². The number of oxime groups is 1. The summed E-state index contributed by atoms with van der Waals surface area (Å²) >= 11 is 0. The summed E-state index contributed by atoms with van der Waals surface area (Å²) in [7, 11) is 1.69. The van der Waals surface area contributed by atoms with Crippen LogP contribution in [-0.2, 0) is 4.84 Å². The van der Waals surface area contributed by atoms with Gasteiger partial charge in [-0.05, 0) is 92.8 Å². The highest BCUT2D eigenvalue weighted by atomic mass is 16.6. The lowest BCUT2D eigenvalue weighted by Gasteiger charge is -2.60. The van der Waals surface area contributed by atoms with Gasteiger partial charge < -0.3 is 4.84 Å². The quantitative estimate of drug-likeness (QED) is 0.445. The lowest BCUT2D eigenvalue weighted by atomic mass is 9.45. The van der Waals surface area contributed by atoms with Crippen LogP contribution in [0.25, 0.3) is 0 Å². The summed E-state index contributed by atoms with van der Waals surface area (Å²) in [5.74, 6) is 4.62. The SMILES string of the molecule is CON=C(C)[C@H]1CCC2C3CC[C@H]4CCCC[C@]4(C)C3CC[C@@]21C. The first-order chi connectivity index (χ1) is 11.5. The molecular formula is C22H37NO. The van der Waals surface area contributed by atoms with Gasteiger partial charge in [0.1, 0.15) is 7.11 Å². The summed E-state index contributed by atoms with van der Waals surface area (Å²) in [5.41, 5.74) is 2.39. The number of nitrogens with zero attached hydrogens (tertiary/aromatic N) is 1. The van der Waals surface area contributed by atoms with Gasteiger partial charge in [0.2, 0.25) is 0 Å². The van der Waals surface area contributed by atoms with E-state index >= 15 is 0 Å². The molecule has 4 rings (SSSR count). The molecule has 136 valence electrons. The van der Waals surface area contributed by atoms with Gasteiger partial charge in [-0.1, -0.05) is 31.8 Å². The molecule has 0 N–H and O–H groups in total. The first kappa shape index (κ1) is 16.9. The largest absolute Gasteiger partial charge is 0.399 e. The van der Waals surface area contributed by atoms with Crippen molar-refractivity contribution in [2.45, 2.75) is 85.0 Å². The van der Waals surface area contributed by atoms with Gasteiger partial charge >= 0.3 is 0 Å². The highest BCUT2D eigenvalue weighted by Gasteiger charge is 2.60. The maximum Gasteiger partial charge on any atom is 0.106 e. The fraction of sp³-hybridized carbons (Fsp3) is 0.955. The van der Waals surface area contributed by atoms with E-state index in [-0.39, 0.29) is 0 Å². The summed E-state index contributed by atoms with van der Waals surface area (Å²) in [4.78, 5) is 5.12. The van der Waals surface area contributed by atoms with Gasteiger partial charge in [-0.2, -0.15) is 0 Å². The normalized spacial score (nSPS) is 51.5. The second kappa shape index (κ2) is 6.02. The van der Waals surface area contributed by atoms with Gasteiger partial charge in [-0.15, -0.1) is 0 Å². The van der Waals surface area contributed by atoms with Crippen LogP contribution in [0.1, 0.15) is 85.0 Å². The molecule has 24 heavy (non-hydrogen) atoms. The topological polar surface area (TPSA) is 21.6 Å². The van der Waals surface area contributed by atoms with Crippen molar-refractivity contribution in [3.8, 4) is 0 Å². The average molecular weight is 332 g/mol. The van der Waals surface area contributed by atoms with Crippen LogP contribution in [0.5, 0.6) is 0 Å². The average Bonchev–Trinajstić information content (AvgIpc) is 2.92. The van der Waals surface area contributed by atoms with Crippen LogP contribution in [0, 0.1) is 40.4 Å². The van der Waals surface area contributed by atoms with Gasteiger partial charge in [0.05, 0.1) is 5.71 Å². The van der Waals surface area contributed by atoms with Crippen molar-refractivity contribution in [3.63, 3.8) is 0 Å². The zero-order chi connectivity index (χ0) is 16.9. The maximum atomic E-state index is 5.12. The van der Waals surface area contributed by atoms with Crippen LogP contribution in [0.2, 0.25) is 0 Å². The zero-order valence-electron chi connectivity index (χ0n) is 16.3. The molecule has 4 aliphatic rings. The predicted molar refractivity (Wildman–Crippen MR) is 100.0 cm³/mol. The van der Waals surface area contributed by atoms with E-state index in [0.717, 1.165) is 23.7 Å². The molecule has 0 aliphatic heterocycles. The number of rotatable bonds is 2. The first-order valence-electron chi connectivity index (χ1n) is 10.6. The molecule has 0 aromatic rings. The van der Waals surface area contributed by atoms with Gasteiger partial charge in [0, 0.05) is 5.92 Å². The van der Waals surface area contributed by atoms with Gasteiger partial charge in [-0.3, -0.25) is 0 Å². The number of fused-ring (bicyclic) bond motifs is 5. The Balaban J connectivity index is 1.60. The van der Waals surface area contributed by atoms with Crippen molar-refractivity contribution in [2.75, 3.05) is 7.11 Å². The molecule has 0 bridgehead atoms. The lowest BCUT2D eigenvalue weighted by Crippen LogP contribution is -2.53. The molecule has 4 fully saturated rings. The van der Waals surface area contributed by atoms with E-state index in [9.17, 15) is 0 Å². The van der Waals surface area contributed by atoms with Crippen LogP contribution >= 0.6 is 0 Å². The minimum absolute atomic E-state index is 0.477.